The molecule has 2 aromatic rings. The fraction of sp³-hybridized carbons (Fsp3) is 0. The molecule has 3 N–H and O–H groups in total. The van der Waals surface area contributed by atoms with Gasteiger partial charge in [0.1, 0.15) is 11.4 Å². The molecule has 5 nitrogen and oxygen atoms in total. The molecule has 92 valence electrons. The van der Waals surface area contributed by atoms with Gasteiger partial charge in [0.25, 0.3) is 5.91 Å². The number of hydrogen-bond donors (Lipinski definition) is 3. The highest BCUT2D eigenvalue weighted by Gasteiger charge is 2.11. The molecule has 1 aromatic heterocycles. The second-order valence-electron chi connectivity index (χ2n) is 3.56. The monoisotopic (exact) mass is 264 g/mol. The molecule has 0 bridgehead atoms. The molecule has 0 aliphatic rings. The van der Waals surface area contributed by atoms with Crippen LogP contribution < -0.4 is 5.32 Å². The topological polar surface area (TPSA) is 82.2 Å². The third-order valence-corrected chi connectivity index (χ3v) is 2.52. The number of aromatic amines is 1. The minimum atomic E-state index is -0.472. The van der Waals surface area contributed by atoms with E-state index in [1.807, 2.05) is 0 Å². The van der Waals surface area contributed by atoms with Gasteiger partial charge in [-0.15, -0.1) is 0 Å². The first-order valence-corrected chi connectivity index (χ1v) is 5.42. The van der Waals surface area contributed by atoms with E-state index in [1.54, 1.807) is 0 Å². The highest BCUT2D eigenvalue weighted by atomic mass is 35.5. The summed E-state index contributed by atoms with van der Waals surface area (Å²) in [6.07, 6.45) is 0.605. The molecule has 0 aliphatic heterocycles. The van der Waals surface area contributed by atoms with Crippen molar-refractivity contribution in [3.8, 4) is 5.75 Å². The lowest BCUT2D eigenvalue weighted by Gasteiger charge is -2.06. The normalized spacial score (nSPS) is 10.1. The molecular formula is C12H9ClN2O3. The van der Waals surface area contributed by atoms with Gasteiger partial charge in [0.15, 0.2) is 6.29 Å². The van der Waals surface area contributed by atoms with Crippen molar-refractivity contribution in [3.63, 3.8) is 0 Å². The van der Waals surface area contributed by atoms with Crippen LogP contribution in [0.2, 0.25) is 5.02 Å². The van der Waals surface area contributed by atoms with Crippen molar-refractivity contribution in [2.75, 3.05) is 5.32 Å². The second kappa shape index (κ2) is 4.93. The van der Waals surface area contributed by atoms with E-state index in [-0.39, 0.29) is 17.1 Å². The van der Waals surface area contributed by atoms with Crippen LogP contribution in [0.25, 0.3) is 0 Å². The van der Waals surface area contributed by atoms with Gasteiger partial charge in [-0.3, -0.25) is 9.59 Å². The number of amides is 1. The van der Waals surface area contributed by atoms with E-state index in [0.29, 0.717) is 17.0 Å². The average Bonchev–Trinajstić information content (AvgIpc) is 2.82. The number of rotatable bonds is 3. The number of carbonyl (C=O) groups excluding carboxylic acids is 2. The lowest BCUT2D eigenvalue weighted by molar-refractivity contribution is 0.102. The molecule has 0 aliphatic carbocycles. The van der Waals surface area contributed by atoms with Gasteiger partial charge in [-0.2, -0.15) is 0 Å². The number of aldehydes is 1. The number of hydrogen-bond acceptors (Lipinski definition) is 3. The number of halogens is 1. The first-order valence-electron chi connectivity index (χ1n) is 5.04. The number of phenolic OH excluding ortho intramolecular Hbond substituents is 1. The molecule has 0 saturated carbocycles. The van der Waals surface area contributed by atoms with Gasteiger partial charge >= 0.3 is 0 Å². The number of benzene rings is 1. The number of carbonyl (C=O) groups is 2. The van der Waals surface area contributed by atoms with E-state index in [4.69, 9.17) is 11.6 Å². The Hall–Kier alpha value is -2.27. The van der Waals surface area contributed by atoms with Crippen molar-refractivity contribution in [2.24, 2.45) is 0 Å². The molecule has 18 heavy (non-hydrogen) atoms. The van der Waals surface area contributed by atoms with Crippen molar-refractivity contribution in [1.82, 2.24) is 4.98 Å². The van der Waals surface area contributed by atoms with Crippen molar-refractivity contribution in [1.29, 1.82) is 0 Å². The Morgan fingerprint density at radius 1 is 1.33 bits per heavy atom. The van der Waals surface area contributed by atoms with Gasteiger partial charge in [0, 0.05) is 5.02 Å². The zero-order chi connectivity index (χ0) is 13.1. The van der Waals surface area contributed by atoms with Gasteiger partial charge in [-0.1, -0.05) is 11.6 Å². The van der Waals surface area contributed by atoms with Crippen molar-refractivity contribution in [3.05, 3.63) is 46.7 Å². The summed E-state index contributed by atoms with van der Waals surface area (Å²) >= 11 is 5.76. The van der Waals surface area contributed by atoms with Crippen LogP contribution in [-0.4, -0.2) is 22.3 Å². The highest BCUT2D eigenvalue weighted by Crippen LogP contribution is 2.26. The minimum Gasteiger partial charge on any atom is -0.506 e. The summed E-state index contributed by atoms with van der Waals surface area (Å²) in [5.74, 6) is -0.560. The van der Waals surface area contributed by atoms with E-state index in [9.17, 15) is 14.7 Å². The smallest absolute Gasteiger partial charge is 0.272 e. The van der Waals surface area contributed by atoms with E-state index in [1.165, 1.54) is 30.3 Å². The number of aromatic nitrogens is 1. The Kier molecular flexibility index (Phi) is 3.34. The van der Waals surface area contributed by atoms with Crippen LogP contribution in [0.15, 0.2) is 30.3 Å². The Balaban J connectivity index is 2.20. The number of aromatic hydroxyl groups is 1. The van der Waals surface area contributed by atoms with Crippen molar-refractivity contribution < 1.29 is 14.7 Å². The average molecular weight is 265 g/mol. The largest absolute Gasteiger partial charge is 0.506 e. The number of phenols is 1. The Morgan fingerprint density at radius 3 is 2.78 bits per heavy atom. The summed E-state index contributed by atoms with van der Waals surface area (Å²) < 4.78 is 0. The molecule has 6 heteroatoms. The molecule has 2 rings (SSSR count). The fourth-order valence-electron chi connectivity index (χ4n) is 1.41. The van der Waals surface area contributed by atoms with Crippen LogP contribution >= 0.6 is 11.6 Å². The maximum Gasteiger partial charge on any atom is 0.272 e. The van der Waals surface area contributed by atoms with Crippen LogP contribution in [0.4, 0.5) is 5.69 Å². The molecule has 0 spiro atoms. The minimum absolute atomic E-state index is 0.0880. The number of nitrogens with one attached hydrogen (secondary N) is 2. The van der Waals surface area contributed by atoms with Gasteiger partial charge in [0.05, 0.1) is 11.4 Å². The Bertz CT molecular complexity index is 607. The lowest BCUT2D eigenvalue weighted by atomic mass is 10.3. The maximum absolute atomic E-state index is 11.8. The molecular weight excluding hydrogens is 256 g/mol. The summed E-state index contributed by atoms with van der Waals surface area (Å²) in [5, 5.41) is 12.4. The summed E-state index contributed by atoms with van der Waals surface area (Å²) in [6, 6.07) is 7.27. The zero-order valence-corrected chi connectivity index (χ0v) is 9.86. The highest BCUT2D eigenvalue weighted by molar-refractivity contribution is 6.31. The van der Waals surface area contributed by atoms with Crippen LogP contribution in [0.5, 0.6) is 5.75 Å². The zero-order valence-electron chi connectivity index (χ0n) is 9.11. The van der Waals surface area contributed by atoms with E-state index < -0.39 is 5.91 Å². The van der Waals surface area contributed by atoms with Crippen LogP contribution in [0, 0.1) is 0 Å². The maximum atomic E-state index is 11.8. The van der Waals surface area contributed by atoms with E-state index in [2.05, 4.69) is 10.3 Å². The lowest BCUT2D eigenvalue weighted by Crippen LogP contribution is -2.12. The van der Waals surface area contributed by atoms with Crippen molar-refractivity contribution >= 4 is 29.5 Å². The molecule has 0 atom stereocenters. The summed E-state index contributed by atoms with van der Waals surface area (Å²) in [4.78, 5) is 24.9. The molecule has 0 radical (unpaired) electrons. The molecule has 0 unspecified atom stereocenters. The molecule has 1 heterocycles. The van der Waals surface area contributed by atoms with Gasteiger partial charge in [-0.25, -0.2) is 0 Å². The standard InChI is InChI=1S/C12H9ClN2O3/c13-7-1-4-11(17)10(5-7)15-12(18)9-3-2-8(6-16)14-9/h1-6,14,17H,(H,15,18). The first kappa shape index (κ1) is 12.2. The molecule has 0 fully saturated rings. The van der Waals surface area contributed by atoms with Crippen LogP contribution in [0.1, 0.15) is 21.0 Å². The Labute approximate surface area is 107 Å². The van der Waals surface area contributed by atoms with Gasteiger partial charge in [-0.05, 0) is 30.3 Å². The van der Waals surface area contributed by atoms with Crippen molar-refractivity contribution in [2.45, 2.75) is 0 Å². The summed E-state index contributed by atoms with van der Waals surface area (Å²) in [7, 11) is 0. The first-order chi connectivity index (χ1) is 8.60. The van der Waals surface area contributed by atoms with Crippen LogP contribution in [0.3, 0.4) is 0 Å². The van der Waals surface area contributed by atoms with Gasteiger partial charge in [0.2, 0.25) is 0 Å². The third-order valence-electron chi connectivity index (χ3n) is 2.29. The molecule has 1 aromatic carbocycles. The summed E-state index contributed by atoms with van der Waals surface area (Å²) in [5.41, 5.74) is 0.724. The van der Waals surface area contributed by atoms with E-state index in [0.717, 1.165) is 0 Å². The predicted octanol–water partition coefficient (Wildman–Crippen LogP) is 2.44. The number of anilines is 1. The number of H-pyrrole nitrogens is 1. The summed E-state index contributed by atoms with van der Waals surface area (Å²) in [6.45, 7) is 0. The SMILES string of the molecule is O=Cc1ccc(C(=O)Nc2cc(Cl)ccc2O)[nH]1. The predicted molar refractivity (Wildman–Crippen MR) is 67.3 cm³/mol. The van der Waals surface area contributed by atoms with E-state index >= 15 is 0 Å². The van der Waals surface area contributed by atoms with Gasteiger partial charge < -0.3 is 15.4 Å². The Morgan fingerprint density at radius 2 is 2.11 bits per heavy atom. The fourth-order valence-corrected chi connectivity index (χ4v) is 1.58. The van der Waals surface area contributed by atoms with Crippen LogP contribution in [-0.2, 0) is 0 Å². The molecule has 1 amide bonds. The quantitative estimate of drug-likeness (QED) is 0.588. The second-order valence-corrected chi connectivity index (χ2v) is 4.00. The third kappa shape index (κ3) is 2.52. The molecule has 0 saturated heterocycles.